The summed E-state index contributed by atoms with van der Waals surface area (Å²) in [7, 11) is 0. The molecule has 1 saturated heterocycles. The minimum atomic E-state index is -1.08. The molecule has 1 fully saturated rings. The van der Waals surface area contributed by atoms with Crippen molar-refractivity contribution in [3.63, 3.8) is 0 Å². The fourth-order valence-electron chi connectivity index (χ4n) is 2.33. The van der Waals surface area contributed by atoms with Crippen LogP contribution in [0, 0.1) is 5.92 Å². The number of hydrogen-bond donors (Lipinski definition) is 3. The first-order chi connectivity index (χ1) is 8.04. The number of primary amides is 1. The van der Waals surface area contributed by atoms with Crippen LogP contribution in [0.3, 0.4) is 0 Å². The molecule has 2 unspecified atom stereocenters. The van der Waals surface area contributed by atoms with Gasteiger partial charge in [0, 0.05) is 12.6 Å². The van der Waals surface area contributed by atoms with Gasteiger partial charge in [-0.25, -0.2) is 0 Å². The molecular formula is C12H25N3O2. The van der Waals surface area contributed by atoms with Gasteiger partial charge in [-0.15, -0.1) is 0 Å². The molecule has 0 aromatic heterocycles. The number of piperidine rings is 1. The minimum Gasteiger partial charge on any atom is -0.382 e. The fourth-order valence-corrected chi connectivity index (χ4v) is 2.33. The number of hydrogen-bond acceptors (Lipinski definition) is 4. The Hall–Kier alpha value is -0.650. The lowest BCUT2D eigenvalue weighted by Gasteiger charge is -2.34. The number of nitrogens with zero attached hydrogens (tertiary/aromatic N) is 1. The summed E-state index contributed by atoms with van der Waals surface area (Å²) in [5.41, 5.74) is 5.00. The van der Waals surface area contributed by atoms with Crippen LogP contribution in [0.1, 0.15) is 26.7 Å². The molecule has 4 N–H and O–H groups in total. The van der Waals surface area contributed by atoms with Gasteiger partial charge in [-0.2, -0.15) is 0 Å². The van der Waals surface area contributed by atoms with E-state index >= 15 is 0 Å². The minimum absolute atomic E-state index is 0.254. The maximum Gasteiger partial charge on any atom is 0.247 e. The van der Waals surface area contributed by atoms with Gasteiger partial charge in [0.2, 0.25) is 5.91 Å². The van der Waals surface area contributed by atoms with Crippen molar-refractivity contribution in [3.8, 4) is 0 Å². The third-order valence-corrected chi connectivity index (χ3v) is 3.75. The van der Waals surface area contributed by atoms with Crippen molar-refractivity contribution in [2.45, 2.75) is 38.8 Å². The summed E-state index contributed by atoms with van der Waals surface area (Å²) in [6, 6.07) is 0.322. The van der Waals surface area contributed by atoms with Crippen molar-refractivity contribution in [2.75, 3.05) is 26.2 Å². The van der Waals surface area contributed by atoms with E-state index in [1.54, 1.807) is 0 Å². The first-order valence-corrected chi connectivity index (χ1v) is 6.47. The summed E-state index contributed by atoms with van der Waals surface area (Å²) in [4.78, 5) is 13.1. The van der Waals surface area contributed by atoms with Gasteiger partial charge in [0.1, 0.15) is 6.10 Å². The zero-order valence-corrected chi connectivity index (χ0v) is 10.9. The maximum absolute atomic E-state index is 10.7. The molecule has 5 heteroatoms. The molecule has 2 atom stereocenters. The molecule has 1 rings (SSSR count). The van der Waals surface area contributed by atoms with Crippen molar-refractivity contribution >= 4 is 5.91 Å². The Morgan fingerprint density at radius 1 is 1.53 bits per heavy atom. The molecule has 1 aliphatic rings. The van der Waals surface area contributed by atoms with Crippen LogP contribution in [-0.4, -0.2) is 54.2 Å². The predicted molar refractivity (Wildman–Crippen MR) is 67.5 cm³/mol. The summed E-state index contributed by atoms with van der Waals surface area (Å²) >= 11 is 0. The van der Waals surface area contributed by atoms with E-state index in [1.807, 2.05) is 0 Å². The molecule has 0 aliphatic carbocycles. The highest BCUT2D eigenvalue weighted by atomic mass is 16.3. The van der Waals surface area contributed by atoms with E-state index in [0.29, 0.717) is 12.0 Å². The summed E-state index contributed by atoms with van der Waals surface area (Å²) in [5.74, 6) is -0.0385. The number of nitrogens with two attached hydrogens (primary N) is 1. The average molecular weight is 243 g/mol. The van der Waals surface area contributed by atoms with Crippen LogP contribution >= 0.6 is 0 Å². The Kier molecular flexibility index (Phi) is 5.88. The van der Waals surface area contributed by atoms with Crippen LogP contribution in [0.25, 0.3) is 0 Å². The quantitative estimate of drug-likeness (QED) is 0.590. The molecule has 17 heavy (non-hydrogen) atoms. The fraction of sp³-hybridized carbons (Fsp3) is 0.917. The highest BCUT2D eigenvalue weighted by Gasteiger charge is 2.23. The van der Waals surface area contributed by atoms with Crippen molar-refractivity contribution in [3.05, 3.63) is 0 Å². The molecule has 1 heterocycles. The average Bonchev–Trinajstić information content (AvgIpc) is 2.35. The van der Waals surface area contributed by atoms with E-state index in [1.165, 1.54) is 12.8 Å². The highest BCUT2D eigenvalue weighted by molar-refractivity contribution is 5.78. The molecule has 0 radical (unpaired) electrons. The Balaban J connectivity index is 2.24. The summed E-state index contributed by atoms with van der Waals surface area (Å²) < 4.78 is 0. The number of rotatable bonds is 6. The molecule has 5 nitrogen and oxygen atoms in total. The first kappa shape index (κ1) is 14.4. The number of carbonyl (C=O) groups excluding carboxylic acids is 1. The largest absolute Gasteiger partial charge is 0.382 e. The Labute approximate surface area is 103 Å². The number of amides is 1. The molecule has 0 bridgehead atoms. The molecule has 1 amide bonds. The van der Waals surface area contributed by atoms with Crippen molar-refractivity contribution < 1.29 is 9.90 Å². The van der Waals surface area contributed by atoms with Gasteiger partial charge in [-0.3, -0.25) is 4.79 Å². The topological polar surface area (TPSA) is 78.6 Å². The summed E-state index contributed by atoms with van der Waals surface area (Å²) in [5, 5.41) is 12.5. The number of nitrogens with one attached hydrogen (secondary N) is 1. The van der Waals surface area contributed by atoms with Gasteiger partial charge in [0.25, 0.3) is 0 Å². The van der Waals surface area contributed by atoms with E-state index in [-0.39, 0.29) is 6.54 Å². The lowest BCUT2D eigenvalue weighted by Crippen LogP contribution is -2.46. The van der Waals surface area contributed by atoms with Gasteiger partial charge >= 0.3 is 0 Å². The molecule has 1 aliphatic heterocycles. The van der Waals surface area contributed by atoms with Crippen LogP contribution in [0.5, 0.6) is 0 Å². The predicted octanol–water partition coefficient (Wildman–Crippen LogP) is -0.457. The van der Waals surface area contributed by atoms with Crippen LogP contribution in [0.4, 0.5) is 0 Å². The smallest absolute Gasteiger partial charge is 0.247 e. The van der Waals surface area contributed by atoms with E-state index in [0.717, 1.165) is 19.6 Å². The Bertz CT molecular complexity index is 240. The molecule has 0 aromatic rings. The van der Waals surface area contributed by atoms with Gasteiger partial charge < -0.3 is 21.1 Å². The standard InChI is InChI=1S/C12H25N3O2/c1-3-15-6-4-10(5-7-15)9(2)14-8-11(16)12(13)17/h9-11,14,16H,3-8H2,1-2H3,(H2,13,17). The van der Waals surface area contributed by atoms with Gasteiger partial charge in [-0.1, -0.05) is 6.92 Å². The van der Waals surface area contributed by atoms with Gasteiger partial charge in [0.15, 0.2) is 0 Å². The highest BCUT2D eigenvalue weighted by Crippen LogP contribution is 2.20. The van der Waals surface area contributed by atoms with E-state index in [4.69, 9.17) is 5.73 Å². The first-order valence-electron chi connectivity index (χ1n) is 6.47. The number of likely N-dealkylation sites (tertiary alicyclic amines) is 1. The molecule has 0 saturated carbocycles. The van der Waals surface area contributed by atoms with E-state index < -0.39 is 12.0 Å². The molecule has 0 spiro atoms. The lowest BCUT2D eigenvalue weighted by atomic mass is 9.90. The van der Waals surface area contributed by atoms with Crippen LogP contribution in [0.15, 0.2) is 0 Å². The summed E-state index contributed by atoms with van der Waals surface area (Å²) in [6.07, 6.45) is 1.27. The summed E-state index contributed by atoms with van der Waals surface area (Å²) in [6.45, 7) is 7.96. The zero-order chi connectivity index (χ0) is 12.8. The van der Waals surface area contributed by atoms with Crippen LogP contribution in [-0.2, 0) is 4.79 Å². The Morgan fingerprint density at radius 2 is 2.12 bits per heavy atom. The van der Waals surface area contributed by atoms with Crippen LogP contribution < -0.4 is 11.1 Å². The van der Waals surface area contributed by atoms with Crippen molar-refractivity contribution in [1.82, 2.24) is 10.2 Å². The number of carbonyl (C=O) groups is 1. The lowest BCUT2D eigenvalue weighted by molar-refractivity contribution is -0.125. The second-order valence-electron chi connectivity index (χ2n) is 4.89. The molecular weight excluding hydrogens is 218 g/mol. The van der Waals surface area contributed by atoms with E-state index in [2.05, 4.69) is 24.1 Å². The second-order valence-corrected chi connectivity index (χ2v) is 4.89. The maximum atomic E-state index is 10.7. The number of aliphatic hydroxyl groups is 1. The number of aliphatic hydroxyl groups excluding tert-OH is 1. The molecule has 100 valence electrons. The third-order valence-electron chi connectivity index (χ3n) is 3.75. The normalized spacial score (nSPS) is 22.3. The Morgan fingerprint density at radius 3 is 2.59 bits per heavy atom. The zero-order valence-electron chi connectivity index (χ0n) is 10.9. The van der Waals surface area contributed by atoms with Crippen molar-refractivity contribution in [2.24, 2.45) is 11.7 Å². The van der Waals surface area contributed by atoms with Crippen molar-refractivity contribution in [1.29, 1.82) is 0 Å². The second kappa shape index (κ2) is 6.93. The van der Waals surface area contributed by atoms with Crippen LogP contribution in [0.2, 0.25) is 0 Å². The van der Waals surface area contributed by atoms with Gasteiger partial charge in [-0.05, 0) is 45.3 Å². The SMILES string of the molecule is CCN1CCC(C(C)NCC(O)C(N)=O)CC1. The van der Waals surface area contributed by atoms with E-state index in [9.17, 15) is 9.90 Å². The third kappa shape index (κ3) is 4.61. The monoisotopic (exact) mass is 243 g/mol. The molecule has 0 aromatic carbocycles. The van der Waals surface area contributed by atoms with Gasteiger partial charge in [0.05, 0.1) is 0 Å².